The number of amides is 1. The molecule has 9 heteroatoms. The van der Waals surface area contributed by atoms with E-state index in [1.54, 1.807) is 6.92 Å². The van der Waals surface area contributed by atoms with Crippen molar-refractivity contribution in [2.75, 3.05) is 31.6 Å². The van der Waals surface area contributed by atoms with Crippen molar-refractivity contribution in [3.8, 4) is 5.75 Å². The van der Waals surface area contributed by atoms with E-state index in [-0.39, 0.29) is 30.1 Å². The van der Waals surface area contributed by atoms with E-state index in [1.165, 1.54) is 12.1 Å². The van der Waals surface area contributed by atoms with E-state index in [0.29, 0.717) is 18.8 Å². The van der Waals surface area contributed by atoms with Crippen LogP contribution in [0.4, 0.5) is 18.9 Å². The highest BCUT2D eigenvalue weighted by molar-refractivity contribution is 5.91. The molecule has 1 amide bonds. The molecule has 1 aliphatic heterocycles. The maximum Gasteiger partial charge on any atom is 0.573 e. The molecule has 0 radical (unpaired) electrons. The molecule has 2 rings (SSSR count). The van der Waals surface area contributed by atoms with Gasteiger partial charge in [-0.2, -0.15) is 0 Å². The Morgan fingerprint density at radius 1 is 1.27 bits per heavy atom. The number of ether oxygens (including phenoxy) is 2. The average molecular weight is 375 g/mol. The van der Waals surface area contributed by atoms with Gasteiger partial charge in [0.1, 0.15) is 11.7 Å². The first-order valence-electron chi connectivity index (χ1n) is 8.42. The third-order valence-electron chi connectivity index (χ3n) is 4.02. The second-order valence-electron chi connectivity index (χ2n) is 6.09. The number of quaternary nitrogens is 1. The molecule has 144 valence electrons. The van der Waals surface area contributed by atoms with Crippen LogP contribution in [0.25, 0.3) is 0 Å². The van der Waals surface area contributed by atoms with Crippen LogP contribution in [0, 0.1) is 5.92 Å². The first-order chi connectivity index (χ1) is 12.3. The minimum Gasteiger partial charge on any atom is -0.466 e. The Bertz CT molecular complexity index is 619. The summed E-state index contributed by atoms with van der Waals surface area (Å²) < 4.78 is 45.2. The zero-order chi connectivity index (χ0) is 19.2. The number of benzene rings is 1. The van der Waals surface area contributed by atoms with Crippen LogP contribution in [0.1, 0.15) is 19.8 Å². The molecule has 1 fully saturated rings. The molecule has 2 atom stereocenters. The number of anilines is 1. The number of likely N-dealkylation sites (tertiary alicyclic amines) is 1. The Balaban J connectivity index is 1.83. The number of alkyl halides is 3. The van der Waals surface area contributed by atoms with Crippen molar-refractivity contribution in [3.63, 3.8) is 0 Å². The van der Waals surface area contributed by atoms with Crippen LogP contribution in [0.2, 0.25) is 0 Å². The number of rotatable bonds is 6. The van der Waals surface area contributed by atoms with Crippen LogP contribution in [-0.4, -0.2) is 44.5 Å². The van der Waals surface area contributed by atoms with E-state index >= 15 is 0 Å². The van der Waals surface area contributed by atoms with Gasteiger partial charge in [-0.25, -0.2) is 0 Å². The fraction of sp³-hybridized carbons (Fsp3) is 0.529. The van der Waals surface area contributed by atoms with Crippen molar-refractivity contribution in [1.82, 2.24) is 0 Å². The van der Waals surface area contributed by atoms with Crippen molar-refractivity contribution in [2.24, 2.45) is 5.92 Å². The number of carbonyl (C=O) groups is 2. The van der Waals surface area contributed by atoms with Gasteiger partial charge >= 0.3 is 12.3 Å². The molecule has 1 heterocycles. The summed E-state index contributed by atoms with van der Waals surface area (Å²) >= 11 is 0. The topological polar surface area (TPSA) is 69.1 Å². The maximum atomic E-state index is 12.1. The Morgan fingerprint density at radius 3 is 2.58 bits per heavy atom. The molecular weight excluding hydrogens is 353 g/mol. The number of piperidine rings is 1. The lowest BCUT2D eigenvalue weighted by atomic mass is 9.98. The standard InChI is InChI=1S/C17H21F3N2O4/c1-2-25-16(24)12-4-3-9-22(10-12)11-15(23)21-13-5-7-14(8-6-13)26-17(18,19)20/h5-8,12H,2-4,9-11H2,1H3,(H,21,23)/p+1/t12-/m0/s1. The fourth-order valence-corrected chi connectivity index (χ4v) is 2.95. The molecule has 1 aliphatic rings. The van der Waals surface area contributed by atoms with Crippen LogP contribution < -0.4 is 15.0 Å². The van der Waals surface area contributed by atoms with Crippen LogP contribution in [0.15, 0.2) is 24.3 Å². The molecule has 0 spiro atoms. The third kappa shape index (κ3) is 6.55. The van der Waals surface area contributed by atoms with Crippen molar-refractivity contribution in [3.05, 3.63) is 24.3 Å². The van der Waals surface area contributed by atoms with Gasteiger partial charge in [-0.1, -0.05) is 0 Å². The normalized spacial score (nSPS) is 20.3. The Labute approximate surface area is 149 Å². The molecule has 1 saturated heterocycles. The number of nitrogens with one attached hydrogen (secondary N) is 2. The monoisotopic (exact) mass is 375 g/mol. The smallest absolute Gasteiger partial charge is 0.466 e. The van der Waals surface area contributed by atoms with E-state index in [9.17, 15) is 22.8 Å². The van der Waals surface area contributed by atoms with E-state index < -0.39 is 6.36 Å². The SMILES string of the molecule is CCOC(=O)[C@H]1CCC[NH+](CC(=O)Nc2ccc(OC(F)(F)F)cc2)C1. The molecule has 1 aromatic carbocycles. The van der Waals surface area contributed by atoms with Gasteiger partial charge in [0.15, 0.2) is 6.54 Å². The molecular formula is C17H22F3N2O4+. The van der Waals surface area contributed by atoms with Crippen molar-refractivity contribution < 1.29 is 37.1 Å². The molecule has 0 saturated carbocycles. The highest BCUT2D eigenvalue weighted by Crippen LogP contribution is 2.23. The van der Waals surface area contributed by atoms with Gasteiger partial charge in [-0.15, -0.1) is 13.2 Å². The maximum absolute atomic E-state index is 12.1. The minimum atomic E-state index is -4.75. The van der Waals surface area contributed by atoms with Crippen LogP contribution in [0.5, 0.6) is 5.75 Å². The lowest BCUT2D eigenvalue weighted by Gasteiger charge is -2.28. The number of esters is 1. The second kappa shape index (κ2) is 8.88. The summed E-state index contributed by atoms with van der Waals surface area (Å²) in [5.41, 5.74) is 0.378. The van der Waals surface area contributed by atoms with Gasteiger partial charge in [-0.3, -0.25) is 9.59 Å². The first-order valence-corrected chi connectivity index (χ1v) is 8.42. The molecule has 0 aromatic heterocycles. The summed E-state index contributed by atoms with van der Waals surface area (Å²) in [4.78, 5) is 24.9. The van der Waals surface area contributed by atoms with Gasteiger partial charge < -0.3 is 19.7 Å². The summed E-state index contributed by atoms with van der Waals surface area (Å²) in [7, 11) is 0. The number of hydrogen-bond acceptors (Lipinski definition) is 4. The van der Waals surface area contributed by atoms with Gasteiger partial charge in [0.05, 0.1) is 19.7 Å². The van der Waals surface area contributed by atoms with Crippen molar-refractivity contribution in [2.45, 2.75) is 26.1 Å². The molecule has 0 aliphatic carbocycles. The van der Waals surface area contributed by atoms with Crippen LogP contribution >= 0.6 is 0 Å². The van der Waals surface area contributed by atoms with Crippen molar-refractivity contribution in [1.29, 1.82) is 0 Å². The molecule has 2 N–H and O–H groups in total. The molecule has 1 unspecified atom stereocenters. The van der Waals surface area contributed by atoms with Crippen molar-refractivity contribution >= 4 is 17.6 Å². The van der Waals surface area contributed by atoms with E-state index in [2.05, 4.69) is 10.1 Å². The molecule has 26 heavy (non-hydrogen) atoms. The average Bonchev–Trinajstić information content (AvgIpc) is 2.56. The molecule has 6 nitrogen and oxygen atoms in total. The number of hydrogen-bond donors (Lipinski definition) is 2. The lowest BCUT2D eigenvalue weighted by molar-refractivity contribution is -0.899. The van der Waals surface area contributed by atoms with Gasteiger partial charge in [0.25, 0.3) is 5.91 Å². The number of halogens is 3. The van der Waals surface area contributed by atoms with Crippen LogP contribution in [0.3, 0.4) is 0 Å². The Kier molecular flexibility index (Phi) is 6.84. The quantitative estimate of drug-likeness (QED) is 0.738. The predicted molar refractivity (Wildman–Crippen MR) is 86.7 cm³/mol. The van der Waals surface area contributed by atoms with E-state index in [0.717, 1.165) is 36.4 Å². The Hall–Kier alpha value is -2.29. The highest BCUT2D eigenvalue weighted by atomic mass is 19.4. The second-order valence-corrected chi connectivity index (χ2v) is 6.09. The van der Waals surface area contributed by atoms with Gasteiger partial charge in [0.2, 0.25) is 0 Å². The minimum absolute atomic E-state index is 0.177. The zero-order valence-electron chi connectivity index (χ0n) is 14.4. The number of carbonyl (C=O) groups excluding carboxylic acids is 2. The lowest BCUT2D eigenvalue weighted by Crippen LogP contribution is -3.14. The van der Waals surface area contributed by atoms with Crippen LogP contribution in [-0.2, 0) is 14.3 Å². The summed E-state index contributed by atoms with van der Waals surface area (Å²) in [5, 5.41) is 2.64. The molecule has 1 aromatic rings. The highest BCUT2D eigenvalue weighted by Gasteiger charge is 2.32. The van der Waals surface area contributed by atoms with Gasteiger partial charge in [-0.05, 0) is 44.0 Å². The summed E-state index contributed by atoms with van der Waals surface area (Å²) in [6.45, 7) is 3.58. The summed E-state index contributed by atoms with van der Waals surface area (Å²) in [5.74, 6) is -1.06. The fourth-order valence-electron chi connectivity index (χ4n) is 2.95. The third-order valence-corrected chi connectivity index (χ3v) is 4.02. The molecule has 0 bridgehead atoms. The first kappa shape index (κ1) is 20.0. The van der Waals surface area contributed by atoms with Gasteiger partial charge in [0, 0.05) is 5.69 Å². The Morgan fingerprint density at radius 2 is 1.96 bits per heavy atom. The predicted octanol–water partition coefficient (Wildman–Crippen LogP) is 1.38. The van der Waals surface area contributed by atoms with E-state index in [1.807, 2.05) is 0 Å². The zero-order valence-corrected chi connectivity index (χ0v) is 14.4. The van der Waals surface area contributed by atoms with E-state index in [4.69, 9.17) is 4.74 Å². The largest absolute Gasteiger partial charge is 0.573 e. The summed E-state index contributed by atoms with van der Waals surface area (Å²) in [6.07, 6.45) is -3.17. The summed E-state index contributed by atoms with van der Waals surface area (Å²) in [6, 6.07) is 4.94.